The van der Waals surface area contributed by atoms with Gasteiger partial charge < -0.3 is 29.7 Å². The van der Waals surface area contributed by atoms with Gasteiger partial charge in [0.15, 0.2) is 5.75 Å². The second kappa shape index (κ2) is 13.1. The molecule has 0 unspecified atom stereocenters. The Hall–Kier alpha value is -4.77. The zero-order valence-corrected chi connectivity index (χ0v) is 23.4. The number of carbonyl (C=O) groups excluding carboxylic acids is 1. The minimum atomic E-state index is -3.07. The summed E-state index contributed by atoms with van der Waals surface area (Å²) in [6.45, 7) is 1.77. The van der Waals surface area contributed by atoms with Gasteiger partial charge in [-0.25, -0.2) is 9.97 Å². The number of halogens is 2. The van der Waals surface area contributed by atoms with E-state index >= 15 is 0 Å². The van der Waals surface area contributed by atoms with Gasteiger partial charge in [0.05, 0.1) is 22.8 Å². The number of rotatable bonds is 12. The second-order valence-corrected chi connectivity index (χ2v) is 9.61. The average Bonchev–Trinajstić information content (AvgIpc) is 3.28. The van der Waals surface area contributed by atoms with Crippen molar-refractivity contribution in [1.29, 1.82) is 0 Å². The number of aryl methyl sites for hydroxylation is 1. The zero-order chi connectivity index (χ0) is 29.5. The lowest BCUT2D eigenvalue weighted by atomic mass is 10.1. The van der Waals surface area contributed by atoms with Gasteiger partial charge in [-0.1, -0.05) is 36.9 Å². The van der Waals surface area contributed by atoms with Gasteiger partial charge >= 0.3 is 6.61 Å². The Balaban J connectivity index is 1.75. The largest absolute Gasteiger partial charge is 0.433 e. The van der Waals surface area contributed by atoms with Crippen molar-refractivity contribution in [1.82, 2.24) is 19.4 Å². The minimum Gasteiger partial charge on any atom is -0.433 e. The fraction of sp³-hybridized carbons (Fsp3) is 0.233. The summed E-state index contributed by atoms with van der Waals surface area (Å²) >= 11 is 0. The summed E-state index contributed by atoms with van der Waals surface area (Å²) in [5, 5.41) is 6.86. The van der Waals surface area contributed by atoms with Crippen molar-refractivity contribution in [3.05, 3.63) is 79.7 Å². The first-order chi connectivity index (χ1) is 19.7. The van der Waals surface area contributed by atoms with Crippen LogP contribution in [0, 0.1) is 0 Å². The Morgan fingerprint density at radius 1 is 1.15 bits per heavy atom. The van der Waals surface area contributed by atoms with Gasteiger partial charge in [-0.2, -0.15) is 8.78 Å². The standard InChI is InChI=1S/C30H33F2N7O2/c1-6-7-12-28(40)34-23-17-24(27(41-29(31)32)18-26(23)38(4)16-15-37(2)3)36-30-33-14-13-22(35-30)21-19-39(5)25-11-9-8-10-20(21)25/h6-14,17-19,29H,1,15-16H2,2-5H3,(H,34,40)(H,33,35,36)/b12-7-. The summed E-state index contributed by atoms with van der Waals surface area (Å²) in [5.41, 5.74) is 3.64. The first-order valence-corrected chi connectivity index (χ1v) is 12.9. The quantitative estimate of drug-likeness (QED) is 0.171. The van der Waals surface area contributed by atoms with E-state index in [1.54, 1.807) is 12.3 Å². The summed E-state index contributed by atoms with van der Waals surface area (Å²) in [6.07, 6.45) is 7.88. The SMILES string of the molecule is C=C/C=C\C(=O)Nc1cc(Nc2nccc(-c3cn(C)c4ccccc34)n2)c(OC(F)F)cc1N(C)CCN(C)C. The molecule has 11 heteroatoms. The smallest absolute Gasteiger partial charge is 0.387 e. The van der Waals surface area contributed by atoms with Crippen LogP contribution >= 0.6 is 0 Å². The number of nitrogens with zero attached hydrogens (tertiary/aromatic N) is 5. The van der Waals surface area contributed by atoms with E-state index in [-0.39, 0.29) is 17.4 Å². The van der Waals surface area contributed by atoms with Crippen molar-refractivity contribution >= 4 is 39.8 Å². The maximum absolute atomic E-state index is 13.5. The summed E-state index contributed by atoms with van der Waals surface area (Å²) in [4.78, 5) is 25.4. The number of fused-ring (bicyclic) bond motifs is 1. The Kier molecular flexibility index (Phi) is 9.30. The van der Waals surface area contributed by atoms with Crippen LogP contribution in [0.25, 0.3) is 22.2 Å². The second-order valence-electron chi connectivity index (χ2n) is 9.61. The van der Waals surface area contributed by atoms with Gasteiger partial charge in [0.25, 0.3) is 0 Å². The molecule has 214 valence electrons. The highest BCUT2D eigenvalue weighted by Gasteiger charge is 2.19. The molecule has 2 N–H and O–H groups in total. The average molecular weight is 562 g/mol. The van der Waals surface area contributed by atoms with E-state index in [1.165, 1.54) is 30.4 Å². The minimum absolute atomic E-state index is 0.120. The van der Waals surface area contributed by atoms with Crippen molar-refractivity contribution in [3.63, 3.8) is 0 Å². The van der Waals surface area contributed by atoms with Gasteiger partial charge in [-0.3, -0.25) is 4.79 Å². The molecule has 0 aliphatic heterocycles. The number of nitrogens with one attached hydrogen (secondary N) is 2. The van der Waals surface area contributed by atoms with Gasteiger partial charge in [-0.05, 0) is 32.3 Å². The normalized spacial score (nSPS) is 11.4. The first kappa shape index (κ1) is 29.2. The first-order valence-electron chi connectivity index (χ1n) is 12.9. The van der Waals surface area contributed by atoms with E-state index < -0.39 is 12.5 Å². The number of anilines is 4. The fourth-order valence-corrected chi connectivity index (χ4v) is 4.31. The fourth-order valence-electron chi connectivity index (χ4n) is 4.31. The van der Waals surface area contributed by atoms with E-state index in [1.807, 2.05) is 73.0 Å². The van der Waals surface area contributed by atoms with Crippen LogP contribution in [0.1, 0.15) is 0 Å². The molecule has 1 amide bonds. The zero-order valence-electron chi connectivity index (χ0n) is 23.4. The third-order valence-electron chi connectivity index (χ3n) is 6.32. The predicted octanol–water partition coefficient (Wildman–Crippen LogP) is 5.66. The predicted molar refractivity (Wildman–Crippen MR) is 160 cm³/mol. The van der Waals surface area contributed by atoms with Gasteiger partial charge in [0.1, 0.15) is 0 Å². The number of hydrogen-bond donors (Lipinski definition) is 2. The molecule has 9 nitrogen and oxygen atoms in total. The highest BCUT2D eigenvalue weighted by molar-refractivity contribution is 6.02. The Morgan fingerprint density at radius 2 is 1.93 bits per heavy atom. The molecule has 4 rings (SSSR count). The number of carbonyl (C=O) groups is 1. The van der Waals surface area contributed by atoms with E-state index in [4.69, 9.17) is 4.74 Å². The molecule has 0 spiro atoms. The summed E-state index contributed by atoms with van der Waals surface area (Å²) < 4.78 is 34.0. The highest BCUT2D eigenvalue weighted by Crippen LogP contribution is 2.39. The summed E-state index contributed by atoms with van der Waals surface area (Å²) in [7, 11) is 7.63. The van der Waals surface area contributed by atoms with Crippen molar-refractivity contribution in [3.8, 4) is 17.0 Å². The number of amides is 1. The number of hydrogen-bond acceptors (Lipinski definition) is 7. The number of alkyl halides is 2. The van der Waals surface area contributed by atoms with Crippen LogP contribution in [0.5, 0.6) is 5.75 Å². The molecule has 0 saturated carbocycles. The van der Waals surface area contributed by atoms with Gasteiger partial charge in [0, 0.05) is 68.2 Å². The Morgan fingerprint density at radius 3 is 2.66 bits per heavy atom. The van der Waals surface area contributed by atoms with Crippen LogP contribution in [0.3, 0.4) is 0 Å². The molecule has 0 radical (unpaired) electrons. The molecule has 0 bridgehead atoms. The number of likely N-dealkylation sites (N-methyl/N-ethyl adjacent to an activating group) is 2. The summed E-state index contributed by atoms with van der Waals surface area (Å²) in [6, 6.07) is 12.7. The van der Waals surface area contributed by atoms with Crippen LogP contribution < -0.4 is 20.3 Å². The molecule has 2 aromatic heterocycles. The molecule has 2 heterocycles. The third-order valence-corrected chi connectivity index (χ3v) is 6.32. The van der Waals surface area contributed by atoms with Crippen LogP contribution in [0.2, 0.25) is 0 Å². The van der Waals surface area contributed by atoms with Gasteiger partial charge in [-0.15, -0.1) is 0 Å². The lowest BCUT2D eigenvalue weighted by molar-refractivity contribution is -0.111. The Labute approximate surface area is 237 Å². The van der Waals surface area contributed by atoms with Crippen LogP contribution in [0.4, 0.5) is 31.8 Å². The molecule has 0 aliphatic carbocycles. The molecule has 0 aliphatic rings. The number of benzene rings is 2. The molecule has 4 aromatic rings. The van der Waals surface area contributed by atoms with Crippen LogP contribution in [-0.4, -0.2) is 66.2 Å². The van der Waals surface area contributed by atoms with Crippen LogP contribution in [-0.2, 0) is 11.8 Å². The molecular formula is C30H33F2N7O2. The molecule has 0 fully saturated rings. The summed E-state index contributed by atoms with van der Waals surface area (Å²) in [5.74, 6) is -0.354. The highest BCUT2D eigenvalue weighted by atomic mass is 19.3. The maximum atomic E-state index is 13.5. The number of aromatic nitrogens is 3. The van der Waals surface area contributed by atoms with Crippen molar-refractivity contribution in [2.24, 2.45) is 7.05 Å². The Bertz CT molecular complexity index is 1570. The lowest BCUT2D eigenvalue weighted by Gasteiger charge is -2.26. The number of allylic oxidation sites excluding steroid dienone is 2. The molecule has 0 saturated heterocycles. The van der Waals surface area contributed by atoms with Crippen LogP contribution in [0.15, 0.2) is 79.7 Å². The van der Waals surface area contributed by atoms with Crippen molar-refractivity contribution in [2.45, 2.75) is 6.61 Å². The number of ether oxygens (including phenoxy) is 1. The van der Waals surface area contributed by atoms with E-state index in [0.717, 1.165) is 16.5 Å². The maximum Gasteiger partial charge on any atom is 0.387 e. The van der Waals surface area contributed by atoms with E-state index in [9.17, 15) is 13.6 Å². The van der Waals surface area contributed by atoms with E-state index in [2.05, 4.69) is 27.2 Å². The topological polar surface area (TPSA) is 87.5 Å². The van der Waals surface area contributed by atoms with Gasteiger partial charge in [0.2, 0.25) is 11.9 Å². The molecule has 0 atom stereocenters. The lowest BCUT2D eigenvalue weighted by Crippen LogP contribution is -2.29. The third kappa shape index (κ3) is 7.25. The van der Waals surface area contributed by atoms with E-state index in [0.29, 0.717) is 30.2 Å². The van der Waals surface area contributed by atoms with Crippen molar-refractivity contribution in [2.75, 3.05) is 49.8 Å². The molecule has 41 heavy (non-hydrogen) atoms. The molecular weight excluding hydrogens is 528 g/mol. The molecule has 2 aromatic carbocycles. The number of para-hydroxylation sites is 1. The monoisotopic (exact) mass is 561 g/mol. The van der Waals surface area contributed by atoms with Crippen molar-refractivity contribution < 1.29 is 18.3 Å².